The lowest BCUT2D eigenvalue weighted by molar-refractivity contribution is -0.143. The Morgan fingerprint density at radius 3 is 2.35 bits per heavy atom. The maximum Gasteiger partial charge on any atom is 0.321 e. The van der Waals surface area contributed by atoms with Gasteiger partial charge in [0.15, 0.2) is 11.6 Å². The number of carbonyl (C=O) groups excluding carboxylic acids is 1. The highest BCUT2D eigenvalue weighted by Gasteiger charge is 2.27. The maximum absolute atomic E-state index is 13.8. The average Bonchev–Trinajstić information content (AvgIpc) is 2.55. The number of hydrogen-bond donors (Lipinski definition) is 2. The number of hydrogen-bond acceptors (Lipinski definition) is 4. The van der Waals surface area contributed by atoms with Gasteiger partial charge in [-0.05, 0) is 12.8 Å². The number of carboxylic acids is 1. The van der Waals surface area contributed by atoms with E-state index in [0.717, 1.165) is 6.07 Å². The van der Waals surface area contributed by atoms with Gasteiger partial charge in [0.1, 0.15) is 5.75 Å². The summed E-state index contributed by atoms with van der Waals surface area (Å²) in [6, 6.07) is 2.05. The fourth-order valence-corrected chi connectivity index (χ4v) is 2.48. The van der Waals surface area contributed by atoms with E-state index in [4.69, 9.17) is 14.6 Å². The molecule has 2 rings (SSSR count). The molecule has 0 bridgehead atoms. The van der Waals surface area contributed by atoms with Gasteiger partial charge in [-0.3, -0.25) is 4.79 Å². The molecular weight excluding hydrogens is 307 g/mol. The number of carboxylic acid groups (broad SMARTS) is 1. The molecule has 2 amide bonds. The van der Waals surface area contributed by atoms with Gasteiger partial charge in [0.25, 0.3) is 0 Å². The number of rotatable bonds is 4. The standard InChI is InChI=1S/C15H19FN2O5/c1-22-12-8-13(23-2)11(7-10(12)16)17-15(21)18-5-3-9(4-6-18)14(19)20/h7-9H,3-6H2,1-2H3,(H,17,21)(H,19,20). The third-order valence-electron chi connectivity index (χ3n) is 3.85. The van der Waals surface area contributed by atoms with Crippen LogP contribution in [-0.2, 0) is 4.79 Å². The fraction of sp³-hybridized carbons (Fsp3) is 0.467. The number of likely N-dealkylation sites (tertiary alicyclic amines) is 1. The molecule has 0 spiro atoms. The molecule has 1 aliphatic rings. The number of aliphatic carboxylic acids is 1. The third kappa shape index (κ3) is 3.82. The van der Waals surface area contributed by atoms with Crippen LogP contribution in [0.3, 0.4) is 0 Å². The lowest BCUT2D eigenvalue weighted by Gasteiger charge is -2.30. The molecule has 126 valence electrons. The first-order valence-corrected chi connectivity index (χ1v) is 7.16. The summed E-state index contributed by atoms with van der Waals surface area (Å²) >= 11 is 0. The van der Waals surface area contributed by atoms with E-state index in [2.05, 4.69) is 5.32 Å². The van der Waals surface area contributed by atoms with Crippen LogP contribution in [0.4, 0.5) is 14.9 Å². The molecule has 1 fully saturated rings. The van der Waals surface area contributed by atoms with E-state index in [1.54, 1.807) is 0 Å². The highest BCUT2D eigenvalue weighted by Crippen LogP contribution is 2.32. The monoisotopic (exact) mass is 326 g/mol. The largest absolute Gasteiger partial charge is 0.494 e. The molecule has 1 saturated heterocycles. The Bertz CT molecular complexity index is 600. The maximum atomic E-state index is 13.8. The van der Waals surface area contributed by atoms with Gasteiger partial charge in [-0.1, -0.05) is 0 Å². The third-order valence-corrected chi connectivity index (χ3v) is 3.85. The van der Waals surface area contributed by atoms with E-state index in [0.29, 0.717) is 25.9 Å². The van der Waals surface area contributed by atoms with Crippen molar-refractivity contribution >= 4 is 17.7 Å². The SMILES string of the molecule is COc1cc(OC)c(NC(=O)N2CCC(C(=O)O)CC2)cc1F. The van der Waals surface area contributed by atoms with Crippen LogP contribution in [0.25, 0.3) is 0 Å². The summed E-state index contributed by atoms with van der Waals surface area (Å²) in [7, 11) is 2.74. The molecule has 7 nitrogen and oxygen atoms in total. The minimum Gasteiger partial charge on any atom is -0.494 e. The lowest BCUT2D eigenvalue weighted by atomic mass is 9.97. The molecule has 0 aliphatic carbocycles. The average molecular weight is 326 g/mol. The number of halogens is 1. The van der Waals surface area contributed by atoms with Gasteiger partial charge < -0.3 is 24.8 Å². The van der Waals surface area contributed by atoms with Crippen molar-refractivity contribution in [2.24, 2.45) is 5.92 Å². The minimum atomic E-state index is -0.844. The molecule has 1 aromatic rings. The molecular formula is C15H19FN2O5. The van der Waals surface area contributed by atoms with Crippen molar-refractivity contribution in [3.8, 4) is 11.5 Å². The van der Waals surface area contributed by atoms with Crippen LogP contribution in [0, 0.1) is 11.7 Å². The second-order valence-electron chi connectivity index (χ2n) is 5.22. The molecule has 0 unspecified atom stereocenters. The number of piperidine rings is 1. The Labute approximate surface area is 133 Å². The van der Waals surface area contributed by atoms with Gasteiger partial charge in [-0.25, -0.2) is 9.18 Å². The minimum absolute atomic E-state index is 0.0159. The number of nitrogens with one attached hydrogen (secondary N) is 1. The Balaban J connectivity index is 2.06. The predicted octanol–water partition coefficient (Wildman–Crippen LogP) is 2.17. The molecule has 0 saturated carbocycles. The van der Waals surface area contributed by atoms with Crippen molar-refractivity contribution < 1.29 is 28.6 Å². The molecule has 0 aromatic heterocycles. The predicted molar refractivity (Wildman–Crippen MR) is 80.5 cm³/mol. The van der Waals surface area contributed by atoms with E-state index in [1.165, 1.54) is 25.2 Å². The first-order valence-electron chi connectivity index (χ1n) is 7.16. The molecule has 0 radical (unpaired) electrons. The smallest absolute Gasteiger partial charge is 0.321 e. The molecule has 2 N–H and O–H groups in total. The van der Waals surface area contributed by atoms with E-state index < -0.39 is 23.7 Å². The highest BCUT2D eigenvalue weighted by molar-refractivity contribution is 5.91. The van der Waals surface area contributed by atoms with Crippen molar-refractivity contribution in [1.29, 1.82) is 0 Å². The van der Waals surface area contributed by atoms with Crippen molar-refractivity contribution in [2.75, 3.05) is 32.6 Å². The Kier molecular flexibility index (Phi) is 5.25. The molecule has 1 heterocycles. The van der Waals surface area contributed by atoms with Crippen LogP contribution in [0.15, 0.2) is 12.1 Å². The molecule has 0 atom stereocenters. The van der Waals surface area contributed by atoms with Gasteiger partial charge in [0.2, 0.25) is 0 Å². The number of amides is 2. The first kappa shape index (κ1) is 16.9. The number of ether oxygens (including phenoxy) is 2. The molecule has 8 heteroatoms. The number of carbonyl (C=O) groups is 2. The van der Waals surface area contributed by atoms with E-state index in [1.807, 2.05) is 0 Å². The molecule has 1 aromatic carbocycles. The summed E-state index contributed by atoms with van der Waals surface area (Å²) in [4.78, 5) is 24.7. The molecule has 23 heavy (non-hydrogen) atoms. The summed E-state index contributed by atoms with van der Waals surface area (Å²) < 4.78 is 23.8. The fourth-order valence-electron chi connectivity index (χ4n) is 2.48. The van der Waals surface area contributed by atoms with E-state index >= 15 is 0 Å². The summed E-state index contributed by atoms with van der Waals surface area (Å²) in [5.74, 6) is -1.59. The van der Waals surface area contributed by atoms with Gasteiger partial charge >= 0.3 is 12.0 Å². The second kappa shape index (κ2) is 7.17. The number of methoxy groups -OCH3 is 2. The first-order chi connectivity index (χ1) is 11.0. The zero-order chi connectivity index (χ0) is 17.0. The van der Waals surface area contributed by atoms with Gasteiger partial charge in [0, 0.05) is 25.2 Å². The second-order valence-corrected chi connectivity index (χ2v) is 5.22. The van der Waals surface area contributed by atoms with Gasteiger partial charge in [-0.15, -0.1) is 0 Å². The highest BCUT2D eigenvalue weighted by atomic mass is 19.1. The van der Waals surface area contributed by atoms with Crippen LogP contribution >= 0.6 is 0 Å². The topological polar surface area (TPSA) is 88.1 Å². The van der Waals surface area contributed by atoms with Gasteiger partial charge in [0.05, 0.1) is 25.8 Å². The van der Waals surface area contributed by atoms with Crippen molar-refractivity contribution in [3.63, 3.8) is 0 Å². The number of urea groups is 1. The van der Waals surface area contributed by atoms with Crippen LogP contribution in [0.1, 0.15) is 12.8 Å². The Hall–Kier alpha value is -2.51. The van der Waals surface area contributed by atoms with Crippen molar-refractivity contribution in [2.45, 2.75) is 12.8 Å². The van der Waals surface area contributed by atoms with Crippen LogP contribution < -0.4 is 14.8 Å². The Morgan fingerprint density at radius 2 is 1.83 bits per heavy atom. The quantitative estimate of drug-likeness (QED) is 0.885. The van der Waals surface area contributed by atoms with Crippen LogP contribution in [0.5, 0.6) is 11.5 Å². The van der Waals surface area contributed by atoms with Gasteiger partial charge in [-0.2, -0.15) is 0 Å². The van der Waals surface area contributed by atoms with E-state index in [-0.39, 0.29) is 17.2 Å². The normalized spacial score (nSPS) is 15.2. The van der Waals surface area contributed by atoms with Crippen molar-refractivity contribution in [1.82, 2.24) is 4.90 Å². The number of nitrogens with zero attached hydrogens (tertiary/aromatic N) is 1. The zero-order valence-electron chi connectivity index (χ0n) is 13.0. The summed E-state index contributed by atoms with van der Waals surface area (Å²) in [5, 5.41) is 11.5. The number of benzene rings is 1. The Morgan fingerprint density at radius 1 is 1.22 bits per heavy atom. The summed E-state index contributed by atoms with van der Waals surface area (Å²) in [6.45, 7) is 0.674. The van der Waals surface area contributed by atoms with Crippen LogP contribution in [-0.4, -0.2) is 49.3 Å². The number of anilines is 1. The van der Waals surface area contributed by atoms with Crippen molar-refractivity contribution in [3.05, 3.63) is 17.9 Å². The summed E-state index contributed by atoms with van der Waals surface area (Å²) in [6.07, 6.45) is 0.799. The zero-order valence-corrected chi connectivity index (χ0v) is 13.0. The van der Waals surface area contributed by atoms with E-state index in [9.17, 15) is 14.0 Å². The summed E-state index contributed by atoms with van der Waals surface area (Å²) in [5.41, 5.74) is 0.191. The van der Waals surface area contributed by atoms with Crippen LogP contribution in [0.2, 0.25) is 0 Å². The lowest BCUT2D eigenvalue weighted by Crippen LogP contribution is -2.42. The molecule has 1 aliphatic heterocycles.